The number of nitrogens with one attached hydrogen (secondary N) is 2. The van der Waals surface area contributed by atoms with Crippen LogP contribution in [0.15, 0.2) is 71.3 Å². The molecule has 0 aliphatic rings. The van der Waals surface area contributed by atoms with E-state index in [1.54, 1.807) is 0 Å². The highest BCUT2D eigenvalue weighted by Crippen LogP contribution is 2.31. The third kappa shape index (κ3) is 4.57. The van der Waals surface area contributed by atoms with Crippen LogP contribution >= 0.6 is 15.9 Å². The molecule has 1 amide bonds. The number of aromatic nitrogens is 2. The van der Waals surface area contributed by atoms with E-state index >= 15 is 0 Å². The number of carbonyl (C=O) groups is 1. The normalized spacial score (nSPS) is 11.0. The molecule has 0 unspecified atom stereocenters. The Morgan fingerprint density at radius 3 is 2.69 bits per heavy atom. The van der Waals surface area contributed by atoms with Gasteiger partial charge in [-0.25, -0.2) is 0 Å². The van der Waals surface area contributed by atoms with Gasteiger partial charge in [-0.3, -0.25) is 9.78 Å². The van der Waals surface area contributed by atoms with Crippen LogP contribution in [0.25, 0.3) is 22.3 Å². The van der Waals surface area contributed by atoms with Crippen molar-refractivity contribution >= 4 is 38.4 Å². The highest BCUT2D eigenvalue weighted by atomic mass is 79.9. The van der Waals surface area contributed by atoms with E-state index in [0.717, 1.165) is 39.9 Å². The second kappa shape index (κ2) is 8.62. The van der Waals surface area contributed by atoms with Crippen LogP contribution in [0.3, 0.4) is 0 Å². The number of amides is 1. The molecule has 0 aliphatic carbocycles. The fraction of sp³-hybridized carbons (Fsp3) is 0.167. The second-order valence-corrected chi connectivity index (χ2v) is 8.07. The van der Waals surface area contributed by atoms with Gasteiger partial charge in [-0.15, -0.1) is 0 Å². The first-order valence-electron chi connectivity index (χ1n) is 9.68. The van der Waals surface area contributed by atoms with Crippen LogP contribution < -0.4 is 5.32 Å². The Labute approximate surface area is 178 Å². The van der Waals surface area contributed by atoms with E-state index in [4.69, 9.17) is 0 Å². The maximum atomic E-state index is 12.4. The molecule has 0 spiro atoms. The molecule has 0 saturated carbocycles. The molecule has 4 rings (SSSR count). The quantitative estimate of drug-likeness (QED) is 0.366. The molecule has 29 heavy (non-hydrogen) atoms. The Morgan fingerprint density at radius 2 is 1.93 bits per heavy atom. The van der Waals surface area contributed by atoms with Crippen LogP contribution in [0.1, 0.15) is 24.0 Å². The lowest BCUT2D eigenvalue weighted by atomic mass is 10.0. The van der Waals surface area contributed by atoms with Crippen molar-refractivity contribution in [2.24, 2.45) is 0 Å². The average Bonchev–Trinajstić information content (AvgIpc) is 3.08. The minimum Gasteiger partial charge on any atom is -0.353 e. The smallest absolute Gasteiger partial charge is 0.224 e. The van der Waals surface area contributed by atoms with Crippen LogP contribution in [0.2, 0.25) is 0 Å². The van der Waals surface area contributed by atoms with E-state index in [9.17, 15) is 4.79 Å². The summed E-state index contributed by atoms with van der Waals surface area (Å²) in [6.07, 6.45) is 3.85. The minimum atomic E-state index is 0.0303. The number of anilines is 1. The Balaban J connectivity index is 1.51. The summed E-state index contributed by atoms with van der Waals surface area (Å²) in [6, 6.07) is 20.0. The van der Waals surface area contributed by atoms with Gasteiger partial charge in [0.05, 0.1) is 11.4 Å². The van der Waals surface area contributed by atoms with Crippen LogP contribution in [0, 0.1) is 6.92 Å². The Bertz CT molecular complexity index is 1130. The lowest BCUT2D eigenvalue weighted by Crippen LogP contribution is -2.11. The fourth-order valence-electron chi connectivity index (χ4n) is 3.53. The standard InChI is InChI=1S/C24H22BrN3O/c1-16-8-13-21-20(15-16)19(24(28-21)22-6-2-3-14-26-22)5-4-7-23(29)27-18-11-9-17(25)10-12-18/h2-3,6,8-15,28H,4-5,7H2,1H3,(H,27,29). The number of benzene rings is 2. The topological polar surface area (TPSA) is 57.8 Å². The van der Waals surface area contributed by atoms with Crippen molar-refractivity contribution in [1.82, 2.24) is 9.97 Å². The molecule has 2 aromatic carbocycles. The van der Waals surface area contributed by atoms with E-state index in [2.05, 4.69) is 56.3 Å². The van der Waals surface area contributed by atoms with Gasteiger partial charge in [0.1, 0.15) is 0 Å². The molecule has 0 atom stereocenters. The number of nitrogens with zero attached hydrogens (tertiary/aromatic N) is 1. The van der Waals surface area contributed by atoms with E-state index in [1.807, 2.05) is 48.7 Å². The molecule has 4 aromatic rings. The molecule has 0 aliphatic heterocycles. The van der Waals surface area contributed by atoms with E-state index in [-0.39, 0.29) is 5.91 Å². The Hall–Kier alpha value is -2.92. The summed E-state index contributed by atoms with van der Waals surface area (Å²) in [5, 5.41) is 4.17. The third-order valence-corrected chi connectivity index (χ3v) is 5.47. The van der Waals surface area contributed by atoms with Crippen molar-refractivity contribution in [3.05, 3.63) is 82.5 Å². The fourth-order valence-corrected chi connectivity index (χ4v) is 3.80. The van der Waals surface area contributed by atoms with E-state index in [0.29, 0.717) is 6.42 Å². The van der Waals surface area contributed by atoms with Crippen molar-refractivity contribution in [2.45, 2.75) is 26.2 Å². The van der Waals surface area contributed by atoms with Gasteiger partial charge in [0, 0.05) is 33.7 Å². The van der Waals surface area contributed by atoms with Gasteiger partial charge in [0.25, 0.3) is 0 Å². The number of H-pyrrole nitrogens is 1. The van der Waals surface area contributed by atoms with Crippen molar-refractivity contribution in [3.8, 4) is 11.4 Å². The monoisotopic (exact) mass is 447 g/mol. The molecule has 2 aromatic heterocycles. The summed E-state index contributed by atoms with van der Waals surface area (Å²) in [7, 11) is 0. The van der Waals surface area contributed by atoms with Gasteiger partial charge in [-0.2, -0.15) is 0 Å². The number of aryl methyl sites for hydroxylation is 2. The molecule has 0 radical (unpaired) electrons. The highest BCUT2D eigenvalue weighted by Gasteiger charge is 2.14. The molecule has 2 N–H and O–H groups in total. The zero-order valence-electron chi connectivity index (χ0n) is 16.2. The SMILES string of the molecule is Cc1ccc2[nH]c(-c3ccccn3)c(CCCC(=O)Nc3ccc(Br)cc3)c2c1. The predicted molar refractivity (Wildman–Crippen MR) is 122 cm³/mol. The molecule has 0 saturated heterocycles. The molecule has 5 heteroatoms. The number of hydrogen-bond acceptors (Lipinski definition) is 2. The first-order chi connectivity index (χ1) is 14.1. The third-order valence-electron chi connectivity index (χ3n) is 4.94. The average molecular weight is 448 g/mol. The van der Waals surface area contributed by atoms with Gasteiger partial charge in [0.15, 0.2) is 0 Å². The zero-order valence-corrected chi connectivity index (χ0v) is 17.8. The molecule has 2 heterocycles. The molecule has 0 bridgehead atoms. The lowest BCUT2D eigenvalue weighted by Gasteiger charge is -2.07. The predicted octanol–water partition coefficient (Wildman–Crippen LogP) is 6.26. The maximum Gasteiger partial charge on any atom is 0.224 e. The minimum absolute atomic E-state index is 0.0303. The molecular formula is C24H22BrN3O. The molecule has 146 valence electrons. The zero-order chi connectivity index (χ0) is 20.2. The second-order valence-electron chi connectivity index (χ2n) is 7.15. The van der Waals surface area contributed by atoms with Gasteiger partial charge in [-0.1, -0.05) is 33.6 Å². The van der Waals surface area contributed by atoms with Gasteiger partial charge < -0.3 is 10.3 Å². The molecule has 0 fully saturated rings. The van der Waals surface area contributed by atoms with Crippen LogP contribution in [0.5, 0.6) is 0 Å². The van der Waals surface area contributed by atoms with Crippen molar-refractivity contribution in [3.63, 3.8) is 0 Å². The van der Waals surface area contributed by atoms with Gasteiger partial charge >= 0.3 is 0 Å². The van der Waals surface area contributed by atoms with Crippen molar-refractivity contribution < 1.29 is 4.79 Å². The van der Waals surface area contributed by atoms with Crippen LogP contribution in [-0.4, -0.2) is 15.9 Å². The van der Waals surface area contributed by atoms with Gasteiger partial charge in [-0.05, 0) is 73.9 Å². The van der Waals surface area contributed by atoms with Crippen LogP contribution in [-0.2, 0) is 11.2 Å². The highest BCUT2D eigenvalue weighted by molar-refractivity contribution is 9.10. The lowest BCUT2D eigenvalue weighted by molar-refractivity contribution is -0.116. The Morgan fingerprint density at radius 1 is 1.10 bits per heavy atom. The summed E-state index contributed by atoms with van der Waals surface area (Å²) in [6.45, 7) is 2.10. The van der Waals surface area contributed by atoms with Gasteiger partial charge in [0.2, 0.25) is 5.91 Å². The maximum absolute atomic E-state index is 12.4. The number of pyridine rings is 1. The van der Waals surface area contributed by atoms with E-state index in [1.165, 1.54) is 16.5 Å². The Kier molecular flexibility index (Phi) is 5.76. The number of carbonyl (C=O) groups excluding carboxylic acids is 1. The largest absolute Gasteiger partial charge is 0.353 e. The summed E-state index contributed by atoms with van der Waals surface area (Å²) in [4.78, 5) is 20.4. The number of hydrogen-bond donors (Lipinski definition) is 2. The number of halogens is 1. The van der Waals surface area contributed by atoms with E-state index < -0.39 is 0 Å². The van der Waals surface area contributed by atoms with Crippen molar-refractivity contribution in [1.29, 1.82) is 0 Å². The first-order valence-corrected chi connectivity index (χ1v) is 10.5. The van der Waals surface area contributed by atoms with Crippen LogP contribution in [0.4, 0.5) is 5.69 Å². The molecular weight excluding hydrogens is 426 g/mol. The number of aromatic amines is 1. The van der Waals surface area contributed by atoms with Crippen molar-refractivity contribution in [2.75, 3.05) is 5.32 Å². The summed E-state index contributed by atoms with van der Waals surface area (Å²) < 4.78 is 0.993. The number of fused-ring (bicyclic) bond motifs is 1. The first kappa shape index (κ1) is 19.4. The summed E-state index contributed by atoms with van der Waals surface area (Å²) >= 11 is 3.41. The molecule has 4 nitrogen and oxygen atoms in total. The summed E-state index contributed by atoms with van der Waals surface area (Å²) in [5.41, 5.74) is 6.33. The summed E-state index contributed by atoms with van der Waals surface area (Å²) in [5.74, 6) is 0.0303. The number of rotatable bonds is 6.